The van der Waals surface area contributed by atoms with Gasteiger partial charge in [-0.05, 0) is 62.2 Å². The molecular formula is C15H10Br3ClN2O3. The zero-order chi connectivity index (χ0) is 17.7. The maximum atomic E-state index is 11.7. The van der Waals surface area contributed by atoms with Crippen molar-refractivity contribution >= 4 is 71.5 Å². The van der Waals surface area contributed by atoms with Crippen molar-refractivity contribution in [3.8, 4) is 11.5 Å². The number of carbonyl (C=O) groups excluding carboxylic acids is 1. The van der Waals surface area contributed by atoms with Gasteiger partial charge in [0, 0.05) is 15.1 Å². The number of hydrogen-bond acceptors (Lipinski definition) is 4. The average Bonchev–Trinajstić information content (AvgIpc) is 2.55. The molecule has 0 aromatic heterocycles. The van der Waals surface area contributed by atoms with Crippen LogP contribution in [0.2, 0.25) is 5.02 Å². The van der Waals surface area contributed by atoms with Crippen LogP contribution in [0.3, 0.4) is 0 Å². The van der Waals surface area contributed by atoms with Gasteiger partial charge in [0.05, 0.1) is 15.2 Å². The van der Waals surface area contributed by atoms with Gasteiger partial charge in [0.25, 0.3) is 5.91 Å². The van der Waals surface area contributed by atoms with Gasteiger partial charge in [-0.2, -0.15) is 5.10 Å². The van der Waals surface area contributed by atoms with Gasteiger partial charge in [0.1, 0.15) is 11.5 Å². The van der Waals surface area contributed by atoms with Crippen LogP contribution in [0.25, 0.3) is 0 Å². The molecule has 0 unspecified atom stereocenters. The number of hydrazone groups is 1. The highest BCUT2D eigenvalue weighted by Crippen LogP contribution is 2.38. The molecule has 0 heterocycles. The molecule has 0 radical (unpaired) electrons. The maximum Gasteiger partial charge on any atom is 0.277 e. The molecule has 2 aromatic rings. The Morgan fingerprint density at radius 3 is 2.58 bits per heavy atom. The van der Waals surface area contributed by atoms with Crippen LogP contribution >= 0.6 is 59.4 Å². The first kappa shape index (κ1) is 19.2. The van der Waals surface area contributed by atoms with E-state index in [1.54, 1.807) is 30.3 Å². The monoisotopic (exact) mass is 538 g/mol. The van der Waals surface area contributed by atoms with Crippen molar-refractivity contribution < 1.29 is 14.6 Å². The third-order valence-corrected chi connectivity index (χ3v) is 5.06. The molecular weight excluding hydrogens is 531 g/mol. The van der Waals surface area contributed by atoms with E-state index in [1.165, 1.54) is 6.21 Å². The van der Waals surface area contributed by atoms with Crippen molar-refractivity contribution in [3.05, 3.63) is 54.3 Å². The minimum Gasteiger partial charge on any atom is -0.506 e. The molecule has 0 spiro atoms. The Kier molecular flexibility index (Phi) is 7.09. The van der Waals surface area contributed by atoms with Crippen molar-refractivity contribution in [1.82, 2.24) is 5.43 Å². The molecule has 9 heteroatoms. The fourth-order valence-electron chi connectivity index (χ4n) is 1.59. The van der Waals surface area contributed by atoms with E-state index < -0.39 is 5.91 Å². The smallest absolute Gasteiger partial charge is 0.277 e. The van der Waals surface area contributed by atoms with Crippen molar-refractivity contribution in [3.63, 3.8) is 0 Å². The fraction of sp³-hybridized carbons (Fsp3) is 0.0667. The number of ether oxygens (including phenoxy) is 1. The summed E-state index contributed by atoms with van der Waals surface area (Å²) in [5.41, 5.74) is 2.92. The summed E-state index contributed by atoms with van der Waals surface area (Å²) >= 11 is 15.6. The Morgan fingerprint density at radius 1 is 1.25 bits per heavy atom. The molecule has 0 aliphatic carbocycles. The van der Waals surface area contributed by atoms with Gasteiger partial charge in [-0.1, -0.05) is 27.5 Å². The van der Waals surface area contributed by atoms with Gasteiger partial charge in [-0.15, -0.1) is 0 Å². The van der Waals surface area contributed by atoms with Crippen LogP contribution in [-0.4, -0.2) is 23.8 Å². The van der Waals surface area contributed by atoms with Crippen LogP contribution in [0.1, 0.15) is 5.56 Å². The molecule has 0 bridgehead atoms. The van der Waals surface area contributed by atoms with Crippen LogP contribution in [0.4, 0.5) is 0 Å². The highest BCUT2D eigenvalue weighted by Gasteiger charge is 2.12. The Morgan fingerprint density at radius 2 is 1.92 bits per heavy atom. The van der Waals surface area contributed by atoms with E-state index in [9.17, 15) is 9.90 Å². The quantitative estimate of drug-likeness (QED) is 0.420. The summed E-state index contributed by atoms with van der Waals surface area (Å²) in [6, 6.07) is 8.34. The molecule has 0 saturated heterocycles. The van der Waals surface area contributed by atoms with Crippen LogP contribution < -0.4 is 10.2 Å². The van der Waals surface area contributed by atoms with E-state index in [-0.39, 0.29) is 12.4 Å². The number of amides is 1. The lowest BCUT2D eigenvalue weighted by Gasteiger charge is -2.07. The van der Waals surface area contributed by atoms with Gasteiger partial charge in [0.15, 0.2) is 6.61 Å². The third kappa shape index (κ3) is 5.20. The van der Waals surface area contributed by atoms with E-state index in [0.717, 1.165) is 0 Å². The van der Waals surface area contributed by atoms with Crippen LogP contribution in [0.15, 0.2) is 48.9 Å². The van der Waals surface area contributed by atoms with E-state index in [2.05, 4.69) is 58.3 Å². The third-order valence-electron chi connectivity index (χ3n) is 2.75. The first-order valence-electron chi connectivity index (χ1n) is 6.45. The zero-order valence-corrected chi connectivity index (χ0v) is 17.4. The van der Waals surface area contributed by atoms with Gasteiger partial charge >= 0.3 is 0 Å². The molecule has 2 N–H and O–H groups in total. The molecule has 0 saturated carbocycles. The Balaban J connectivity index is 1.93. The standard InChI is InChI=1S/C15H10Br3ClN2O3/c16-11-5-12(17)15(23)14(18)10(11)6-20-21-13(22)7-24-9-3-1-8(19)2-4-9/h1-6,23H,7H2,(H,21,22)/b20-6+. The summed E-state index contributed by atoms with van der Waals surface area (Å²) in [7, 11) is 0. The number of phenols is 1. The molecule has 2 aromatic carbocycles. The minimum atomic E-state index is -0.422. The maximum absolute atomic E-state index is 11.7. The van der Waals surface area contributed by atoms with Crippen LogP contribution in [-0.2, 0) is 4.79 Å². The Labute approximate surface area is 168 Å². The molecule has 5 nitrogen and oxygen atoms in total. The predicted octanol–water partition coefficient (Wildman–Crippen LogP) is 4.86. The Hall–Kier alpha value is -1.09. The van der Waals surface area contributed by atoms with Gasteiger partial charge in [-0.25, -0.2) is 5.43 Å². The fourth-order valence-corrected chi connectivity index (χ4v) is 4.05. The first-order chi connectivity index (χ1) is 11.4. The van der Waals surface area contributed by atoms with E-state index >= 15 is 0 Å². The molecule has 0 atom stereocenters. The summed E-state index contributed by atoms with van der Waals surface area (Å²) in [6.45, 7) is -0.188. The topological polar surface area (TPSA) is 70.9 Å². The highest BCUT2D eigenvalue weighted by atomic mass is 79.9. The summed E-state index contributed by atoms with van der Waals surface area (Å²) in [4.78, 5) is 11.7. The molecule has 24 heavy (non-hydrogen) atoms. The summed E-state index contributed by atoms with van der Waals surface area (Å²) in [5, 5.41) is 14.3. The second-order valence-corrected chi connectivity index (χ2v) is 7.39. The first-order valence-corrected chi connectivity index (χ1v) is 9.21. The number of carbonyl (C=O) groups is 1. The van der Waals surface area contributed by atoms with E-state index in [0.29, 0.717) is 29.8 Å². The minimum absolute atomic E-state index is 0.0389. The van der Waals surface area contributed by atoms with Crippen molar-refractivity contribution in [1.29, 1.82) is 0 Å². The Bertz CT molecular complexity index is 783. The predicted molar refractivity (Wildman–Crippen MR) is 104 cm³/mol. The highest BCUT2D eigenvalue weighted by molar-refractivity contribution is 9.11. The van der Waals surface area contributed by atoms with Gasteiger partial charge in [0.2, 0.25) is 0 Å². The number of nitrogens with zero attached hydrogens (tertiary/aromatic N) is 1. The second kappa shape index (κ2) is 8.84. The molecule has 0 aliphatic heterocycles. The van der Waals surface area contributed by atoms with E-state index in [4.69, 9.17) is 16.3 Å². The molecule has 1 amide bonds. The van der Waals surface area contributed by atoms with Crippen LogP contribution in [0, 0.1) is 0 Å². The molecule has 0 fully saturated rings. The zero-order valence-electron chi connectivity index (χ0n) is 11.9. The molecule has 126 valence electrons. The lowest BCUT2D eigenvalue weighted by molar-refractivity contribution is -0.123. The SMILES string of the molecule is O=C(COc1ccc(Cl)cc1)N/N=C/c1c(Br)cc(Br)c(O)c1Br. The number of aromatic hydroxyl groups is 1. The lowest BCUT2D eigenvalue weighted by atomic mass is 10.2. The van der Waals surface area contributed by atoms with Gasteiger partial charge < -0.3 is 9.84 Å². The number of nitrogens with one attached hydrogen (secondary N) is 1. The van der Waals surface area contributed by atoms with Crippen LogP contribution in [0.5, 0.6) is 11.5 Å². The summed E-state index contributed by atoms with van der Waals surface area (Å²) < 4.78 is 6.96. The van der Waals surface area contributed by atoms with Crippen molar-refractivity contribution in [2.24, 2.45) is 5.10 Å². The van der Waals surface area contributed by atoms with Crippen molar-refractivity contribution in [2.45, 2.75) is 0 Å². The van der Waals surface area contributed by atoms with Crippen molar-refractivity contribution in [2.75, 3.05) is 6.61 Å². The number of benzene rings is 2. The average molecular weight is 541 g/mol. The van der Waals surface area contributed by atoms with E-state index in [1.807, 2.05) is 0 Å². The number of halogens is 4. The lowest BCUT2D eigenvalue weighted by Crippen LogP contribution is -2.24. The number of hydrogen-bond donors (Lipinski definition) is 2. The summed E-state index contributed by atoms with van der Waals surface area (Å²) in [5.74, 6) is 0.147. The molecule has 0 aliphatic rings. The normalized spacial score (nSPS) is 10.8. The van der Waals surface area contributed by atoms with Gasteiger partial charge in [-0.3, -0.25) is 4.79 Å². The number of phenolic OH excluding ortho intramolecular Hbond substituents is 1. The number of rotatable bonds is 5. The second-order valence-electron chi connectivity index (χ2n) is 4.45. The summed E-state index contributed by atoms with van der Waals surface area (Å²) in [6.07, 6.45) is 1.40. The largest absolute Gasteiger partial charge is 0.506 e. The molecule has 2 rings (SSSR count).